The minimum Gasteiger partial charge on any atom is -0.468 e. The van der Waals surface area contributed by atoms with Crippen LogP contribution in [0.4, 0.5) is 0 Å². The van der Waals surface area contributed by atoms with Crippen molar-refractivity contribution in [3.05, 3.63) is 29.5 Å². The third-order valence-electron chi connectivity index (χ3n) is 3.72. The van der Waals surface area contributed by atoms with Crippen LogP contribution < -0.4 is 0 Å². The second-order valence-electron chi connectivity index (χ2n) is 5.46. The number of allylic oxidation sites excluding steroid dienone is 2. The summed E-state index contributed by atoms with van der Waals surface area (Å²) in [5.41, 5.74) is 2.41. The predicted octanol–water partition coefficient (Wildman–Crippen LogP) is 3.19. The average molecular weight is 292 g/mol. The standard InChI is InChI=1S/C17H24O4/c1-13(2)11-12-17(15(18)20-3,16(19)21-4)14-9-7-5-6-8-10-14/h7,9,12,14H,5-6,8,10H2,1-4H3. The van der Waals surface area contributed by atoms with E-state index < -0.39 is 17.4 Å². The van der Waals surface area contributed by atoms with E-state index in [2.05, 4.69) is 5.73 Å². The zero-order valence-corrected chi connectivity index (χ0v) is 13.3. The summed E-state index contributed by atoms with van der Waals surface area (Å²) in [5.74, 6) is -1.47. The van der Waals surface area contributed by atoms with Gasteiger partial charge in [0.1, 0.15) is 0 Å². The van der Waals surface area contributed by atoms with Crippen LogP contribution in [-0.4, -0.2) is 26.2 Å². The van der Waals surface area contributed by atoms with Gasteiger partial charge in [-0.3, -0.25) is 9.59 Å². The lowest BCUT2D eigenvalue weighted by molar-refractivity contribution is -0.168. The van der Waals surface area contributed by atoms with Gasteiger partial charge in [0.25, 0.3) is 0 Å². The molecular formula is C17H24O4. The van der Waals surface area contributed by atoms with Gasteiger partial charge in [0.15, 0.2) is 5.41 Å². The molecule has 1 aliphatic rings. The summed E-state index contributed by atoms with van der Waals surface area (Å²) in [6, 6.07) is 0. The number of methoxy groups -OCH3 is 2. The quantitative estimate of drug-likeness (QED) is 0.345. The first-order valence-electron chi connectivity index (χ1n) is 7.23. The van der Waals surface area contributed by atoms with Crippen LogP contribution in [0.25, 0.3) is 0 Å². The van der Waals surface area contributed by atoms with Crippen molar-refractivity contribution in [3.63, 3.8) is 0 Å². The van der Waals surface area contributed by atoms with Crippen LogP contribution in [0, 0.1) is 11.3 Å². The number of carbonyl (C=O) groups excluding carboxylic acids is 2. The molecule has 0 heterocycles. The maximum Gasteiger partial charge on any atom is 0.328 e. The maximum absolute atomic E-state index is 12.4. The monoisotopic (exact) mass is 292 g/mol. The lowest BCUT2D eigenvalue weighted by Gasteiger charge is -2.30. The van der Waals surface area contributed by atoms with Gasteiger partial charge in [0.2, 0.25) is 0 Å². The van der Waals surface area contributed by atoms with Gasteiger partial charge >= 0.3 is 11.9 Å². The lowest BCUT2D eigenvalue weighted by atomic mass is 9.73. The highest BCUT2D eigenvalue weighted by Gasteiger charge is 2.51. The van der Waals surface area contributed by atoms with Crippen LogP contribution in [0.1, 0.15) is 39.5 Å². The number of ether oxygens (including phenoxy) is 2. The Bertz CT molecular complexity index is 461. The summed E-state index contributed by atoms with van der Waals surface area (Å²) in [7, 11) is 2.58. The summed E-state index contributed by atoms with van der Waals surface area (Å²) in [6.07, 6.45) is 9.18. The average Bonchev–Trinajstić information content (AvgIpc) is 2.76. The van der Waals surface area contributed by atoms with Crippen molar-refractivity contribution in [3.8, 4) is 0 Å². The van der Waals surface area contributed by atoms with Gasteiger partial charge in [-0.15, -0.1) is 5.73 Å². The Morgan fingerprint density at radius 3 is 2.33 bits per heavy atom. The Labute approximate surface area is 126 Å². The molecule has 0 radical (unpaired) electrons. The molecule has 0 saturated heterocycles. The first-order valence-corrected chi connectivity index (χ1v) is 7.23. The van der Waals surface area contributed by atoms with E-state index in [9.17, 15) is 9.59 Å². The number of hydrogen-bond acceptors (Lipinski definition) is 4. The van der Waals surface area contributed by atoms with E-state index in [0.29, 0.717) is 0 Å². The smallest absolute Gasteiger partial charge is 0.328 e. The van der Waals surface area contributed by atoms with E-state index in [1.54, 1.807) is 0 Å². The fourth-order valence-electron chi connectivity index (χ4n) is 2.57. The van der Waals surface area contributed by atoms with Gasteiger partial charge in [-0.05, 0) is 44.8 Å². The molecule has 0 fully saturated rings. The van der Waals surface area contributed by atoms with E-state index >= 15 is 0 Å². The molecule has 0 aromatic heterocycles. The Kier molecular flexibility index (Phi) is 6.44. The predicted molar refractivity (Wildman–Crippen MR) is 80.5 cm³/mol. The minimum atomic E-state index is -1.46. The molecule has 21 heavy (non-hydrogen) atoms. The van der Waals surface area contributed by atoms with Gasteiger partial charge < -0.3 is 9.47 Å². The molecule has 4 nitrogen and oxygen atoms in total. The first kappa shape index (κ1) is 17.3. The van der Waals surface area contributed by atoms with Crippen molar-refractivity contribution in [2.24, 2.45) is 11.3 Å². The van der Waals surface area contributed by atoms with Gasteiger partial charge in [0.05, 0.1) is 14.2 Å². The Morgan fingerprint density at radius 2 is 1.81 bits per heavy atom. The third-order valence-corrected chi connectivity index (χ3v) is 3.72. The van der Waals surface area contributed by atoms with Crippen LogP contribution in [-0.2, 0) is 19.1 Å². The van der Waals surface area contributed by atoms with Gasteiger partial charge in [-0.25, -0.2) is 0 Å². The number of rotatable bonds is 4. The van der Waals surface area contributed by atoms with Crippen LogP contribution in [0.15, 0.2) is 29.5 Å². The molecule has 0 N–H and O–H groups in total. The molecule has 0 bridgehead atoms. The molecule has 1 rings (SSSR count). The van der Waals surface area contributed by atoms with Crippen molar-refractivity contribution in [1.82, 2.24) is 0 Å². The van der Waals surface area contributed by atoms with Crippen molar-refractivity contribution < 1.29 is 19.1 Å². The SMILES string of the molecule is COC(=O)C(C=C=C(C)C)(C(=O)OC)C1C=CCCCC1. The summed E-state index contributed by atoms with van der Waals surface area (Å²) < 4.78 is 9.82. The van der Waals surface area contributed by atoms with Crippen LogP contribution in [0.2, 0.25) is 0 Å². The highest BCUT2D eigenvalue weighted by Crippen LogP contribution is 2.38. The Hall–Kier alpha value is -1.80. The molecule has 0 aliphatic heterocycles. The van der Waals surface area contributed by atoms with E-state index in [4.69, 9.17) is 9.47 Å². The normalized spacial score (nSPS) is 18.2. The van der Waals surface area contributed by atoms with Gasteiger partial charge in [-0.2, -0.15) is 0 Å². The lowest BCUT2D eigenvalue weighted by Crippen LogP contribution is -2.45. The Morgan fingerprint density at radius 1 is 1.19 bits per heavy atom. The second kappa shape index (κ2) is 7.84. The summed E-state index contributed by atoms with van der Waals surface area (Å²) in [6.45, 7) is 3.72. The largest absolute Gasteiger partial charge is 0.468 e. The molecule has 1 aliphatic carbocycles. The van der Waals surface area contributed by atoms with E-state index in [1.807, 2.05) is 26.0 Å². The highest BCUT2D eigenvalue weighted by molar-refractivity contribution is 6.03. The van der Waals surface area contributed by atoms with Crippen molar-refractivity contribution in [2.75, 3.05) is 14.2 Å². The summed E-state index contributed by atoms with van der Waals surface area (Å²) in [4.78, 5) is 24.8. The first-order chi connectivity index (χ1) is 9.98. The van der Waals surface area contributed by atoms with Crippen molar-refractivity contribution in [2.45, 2.75) is 39.5 Å². The molecule has 0 aromatic rings. The molecule has 0 saturated carbocycles. The van der Waals surface area contributed by atoms with Crippen LogP contribution >= 0.6 is 0 Å². The maximum atomic E-state index is 12.4. The molecule has 4 heteroatoms. The van der Waals surface area contributed by atoms with E-state index in [1.165, 1.54) is 20.3 Å². The zero-order valence-electron chi connectivity index (χ0n) is 13.3. The zero-order chi connectivity index (χ0) is 15.9. The minimum absolute atomic E-state index is 0.272. The molecule has 0 spiro atoms. The van der Waals surface area contributed by atoms with Crippen molar-refractivity contribution in [1.29, 1.82) is 0 Å². The topological polar surface area (TPSA) is 52.6 Å². The van der Waals surface area contributed by atoms with Crippen molar-refractivity contribution >= 4 is 11.9 Å². The van der Waals surface area contributed by atoms with Gasteiger partial charge in [0, 0.05) is 5.92 Å². The third kappa shape index (κ3) is 3.85. The molecule has 0 amide bonds. The van der Waals surface area contributed by atoms with Crippen LogP contribution in [0.3, 0.4) is 0 Å². The van der Waals surface area contributed by atoms with Gasteiger partial charge in [-0.1, -0.05) is 18.6 Å². The fraction of sp³-hybridized carbons (Fsp3) is 0.588. The summed E-state index contributed by atoms with van der Waals surface area (Å²) >= 11 is 0. The molecule has 1 atom stereocenters. The second-order valence-corrected chi connectivity index (χ2v) is 5.46. The highest BCUT2D eigenvalue weighted by atomic mass is 16.5. The number of carbonyl (C=O) groups is 2. The van der Waals surface area contributed by atoms with E-state index in [-0.39, 0.29) is 5.92 Å². The Balaban J connectivity index is 3.45. The van der Waals surface area contributed by atoms with Crippen LogP contribution in [0.5, 0.6) is 0 Å². The molecular weight excluding hydrogens is 268 g/mol. The molecule has 116 valence electrons. The number of hydrogen-bond donors (Lipinski definition) is 0. The number of esters is 2. The van der Waals surface area contributed by atoms with E-state index in [0.717, 1.165) is 31.3 Å². The fourth-order valence-corrected chi connectivity index (χ4v) is 2.57. The summed E-state index contributed by atoms with van der Waals surface area (Å²) in [5, 5.41) is 0. The molecule has 1 unspecified atom stereocenters. The molecule has 0 aromatic carbocycles.